The predicted molar refractivity (Wildman–Crippen MR) is 69.4 cm³/mol. The molecule has 4 nitrogen and oxygen atoms in total. The Hall–Kier alpha value is -1.84. The standard InChI is InChI=1S/C13H17N3O/c14-13(17)10-5-7-11(8-6-10)16-12-4-2-1-3-9-15-12/h5-8H,1-4,9H2,(H2,14,17)(H,15,16). The average molecular weight is 231 g/mol. The van der Waals surface area contributed by atoms with Gasteiger partial charge in [-0.15, -0.1) is 0 Å². The predicted octanol–water partition coefficient (Wildman–Crippen LogP) is 2.17. The van der Waals surface area contributed by atoms with E-state index in [4.69, 9.17) is 5.73 Å². The molecule has 0 saturated heterocycles. The number of carbonyl (C=O) groups is 1. The molecule has 1 heterocycles. The van der Waals surface area contributed by atoms with Gasteiger partial charge in [-0.1, -0.05) is 6.42 Å². The van der Waals surface area contributed by atoms with Gasteiger partial charge in [-0.2, -0.15) is 0 Å². The SMILES string of the molecule is NC(=O)c1ccc(NC2=NCCCCC2)cc1. The molecule has 0 aliphatic carbocycles. The third kappa shape index (κ3) is 3.31. The summed E-state index contributed by atoms with van der Waals surface area (Å²) in [6.07, 6.45) is 4.60. The summed E-state index contributed by atoms with van der Waals surface area (Å²) in [5.41, 5.74) is 6.67. The number of nitrogens with two attached hydrogens (primary N) is 1. The number of carbonyl (C=O) groups excluding carboxylic acids is 1. The number of hydrogen-bond donors (Lipinski definition) is 2. The van der Waals surface area contributed by atoms with Crippen molar-refractivity contribution >= 4 is 17.4 Å². The van der Waals surface area contributed by atoms with E-state index in [0.717, 1.165) is 24.5 Å². The van der Waals surface area contributed by atoms with Gasteiger partial charge in [0.25, 0.3) is 0 Å². The highest BCUT2D eigenvalue weighted by molar-refractivity contribution is 5.97. The summed E-state index contributed by atoms with van der Waals surface area (Å²) in [6.45, 7) is 0.904. The van der Waals surface area contributed by atoms with Crippen LogP contribution in [0.3, 0.4) is 0 Å². The van der Waals surface area contributed by atoms with E-state index in [1.54, 1.807) is 12.1 Å². The Morgan fingerprint density at radius 3 is 2.65 bits per heavy atom. The molecule has 0 atom stereocenters. The van der Waals surface area contributed by atoms with E-state index in [1.165, 1.54) is 19.3 Å². The van der Waals surface area contributed by atoms with E-state index in [-0.39, 0.29) is 0 Å². The fraction of sp³-hybridized carbons (Fsp3) is 0.385. The van der Waals surface area contributed by atoms with E-state index >= 15 is 0 Å². The van der Waals surface area contributed by atoms with Gasteiger partial charge in [0, 0.05) is 24.2 Å². The maximum Gasteiger partial charge on any atom is 0.248 e. The summed E-state index contributed by atoms with van der Waals surface area (Å²) in [5.74, 6) is 0.637. The molecule has 0 aromatic heterocycles. The summed E-state index contributed by atoms with van der Waals surface area (Å²) in [5, 5.41) is 3.28. The van der Waals surface area contributed by atoms with Crippen LogP contribution in [0.2, 0.25) is 0 Å². The van der Waals surface area contributed by atoms with Crippen molar-refractivity contribution in [3.63, 3.8) is 0 Å². The van der Waals surface area contributed by atoms with Crippen LogP contribution in [-0.4, -0.2) is 18.3 Å². The number of rotatable bonds is 2. The highest BCUT2D eigenvalue weighted by atomic mass is 16.1. The van der Waals surface area contributed by atoms with Crippen LogP contribution in [0, 0.1) is 0 Å². The molecule has 0 fully saturated rings. The first-order valence-electron chi connectivity index (χ1n) is 5.96. The average Bonchev–Trinajstić information content (AvgIpc) is 2.58. The molecule has 0 unspecified atom stereocenters. The third-order valence-electron chi connectivity index (χ3n) is 2.83. The van der Waals surface area contributed by atoms with Crippen LogP contribution in [0.25, 0.3) is 0 Å². The molecule has 0 bridgehead atoms. The summed E-state index contributed by atoms with van der Waals surface area (Å²) in [7, 11) is 0. The lowest BCUT2D eigenvalue weighted by Gasteiger charge is -2.08. The van der Waals surface area contributed by atoms with Crippen molar-refractivity contribution in [3.05, 3.63) is 29.8 Å². The number of nitrogens with zero attached hydrogens (tertiary/aromatic N) is 1. The Morgan fingerprint density at radius 2 is 1.94 bits per heavy atom. The summed E-state index contributed by atoms with van der Waals surface area (Å²) >= 11 is 0. The van der Waals surface area contributed by atoms with Crippen molar-refractivity contribution < 1.29 is 4.79 Å². The first-order valence-corrected chi connectivity index (χ1v) is 5.96. The van der Waals surface area contributed by atoms with Gasteiger partial charge in [-0.3, -0.25) is 9.79 Å². The zero-order valence-corrected chi connectivity index (χ0v) is 9.78. The minimum atomic E-state index is -0.400. The monoisotopic (exact) mass is 231 g/mol. The molecule has 1 aliphatic rings. The zero-order valence-electron chi connectivity index (χ0n) is 9.78. The molecular weight excluding hydrogens is 214 g/mol. The first kappa shape index (κ1) is 11.6. The Morgan fingerprint density at radius 1 is 1.18 bits per heavy atom. The largest absolute Gasteiger partial charge is 0.366 e. The normalized spacial score (nSPS) is 15.9. The van der Waals surface area contributed by atoms with E-state index in [2.05, 4.69) is 10.3 Å². The van der Waals surface area contributed by atoms with Crippen molar-refractivity contribution in [2.75, 3.05) is 11.9 Å². The Bertz CT molecular complexity index is 423. The molecule has 1 aromatic carbocycles. The van der Waals surface area contributed by atoms with E-state index in [1.807, 2.05) is 12.1 Å². The van der Waals surface area contributed by atoms with Gasteiger partial charge in [-0.05, 0) is 37.1 Å². The maximum atomic E-state index is 10.9. The molecule has 90 valence electrons. The minimum Gasteiger partial charge on any atom is -0.366 e. The topological polar surface area (TPSA) is 67.5 Å². The van der Waals surface area contributed by atoms with Crippen LogP contribution in [0.5, 0.6) is 0 Å². The molecule has 1 aromatic rings. The lowest BCUT2D eigenvalue weighted by molar-refractivity contribution is 0.100. The Balaban J connectivity index is 2.03. The summed E-state index contributed by atoms with van der Waals surface area (Å²) in [6, 6.07) is 7.16. The molecule has 2 rings (SSSR count). The fourth-order valence-electron chi connectivity index (χ4n) is 1.86. The first-order chi connectivity index (χ1) is 8.25. The third-order valence-corrected chi connectivity index (χ3v) is 2.83. The van der Waals surface area contributed by atoms with Crippen molar-refractivity contribution in [2.24, 2.45) is 10.7 Å². The minimum absolute atomic E-state index is 0.400. The Labute approximate surface area is 101 Å². The molecule has 3 N–H and O–H groups in total. The van der Waals surface area contributed by atoms with Crippen LogP contribution in [0.1, 0.15) is 36.0 Å². The van der Waals surface area contributed by atoms with Crippen molar-refractivity contribution in [1.82, 2.24) is 0 Å². The second-order valence-electron chi connectivity index (χ2n) is 4.21. The highest BCUT2D eigenvalue weighted by Crippen LogP contribution is 2.13. The maximum absolute atomic E-state index is 10.9. The van der Waals surface area contributed by atoms with Crippen LogP contribution < -0.4 is 11.1 Å². The fourth-order valence-corrected chi connectivity index (χ4v) is 1.86. The zero-order chi connectivity index (χ0) is 12.1. The van der Waals surface area contributed by atoms with E-state index in [9.17, 15) is 4.79 Å². The lowest BCUT2D eigenvalue weighted by atomic mass is 10.2. The molecule has 4 heteroatoms. The number of amidine groups is 1. The van der Waals surface area contributed by atoms with Crippen molar-refractivity contribution in [1.29, 1.82) is 0 Å². The number of hydrogen-bond acceptors (Lipinski definition) is 3. The van der Waals surface area contributed by atoms with Gasteiger partial charge in [-0.25, -0.2) is 0 Å². The van der Waals surface area contributed by atoms with E-state index in [0.29, 0.717) is 5.56 Å². The van der Waals surface area contributed by atoms with Gasteiger partial charge < -0.3 is 11.1 Å². The smallest absolute Gasteiger partial charge is 0.248 e. The number of anilines is 1. The second kappa shape index (κ2) is 5.48. The van der Waals surface area contributed by atoms with Crippen LogP contribution in [-0.2, 0) is 0 Å². The van der Waals surface area contributed by atoms with Crippen LogP contribution >= 0.6 is 0 Å². The van der Waals surface area contributed by atoms with Gasteiger partial charge in [0.2, 0.25) is 5.91 Å². The van der Waals surface area contributed by atoms with Gasteiger partial charge in [0.1, 0.15) is 5.84 Å². The van der Waals surface area contributed by atoms with Crippen LogP contribution in [0.4, 0.5) is 5.69 Å². The van der Waals surface area contributed by atoms with Crippen molar-refractivity contribution in [3.8, 4) is 0 Å². The van der Waals surface area contributed by atoms with E-state index < -0.39 is 5.91 Å². The molecule has 1 amide bonds. The molecule has 1 aliphatic heterocycles. The molecule has 0 spiro atoms. The summed E-state index contributed by atoms with van der Waals surface area (Å²) < 4.78 is 0. The lowest BCUT2D eigenvalue weighted by Crippen LogP contribution is -2.13. The number of nitrogens with one attached hydrogen (secondary N) is 1. The number of benzene rings is 1. The second-order valence-corrected chi connectivity index (χ2v) is 4.21. The molecule has 0 saturated carbocycles. The number of amides is 1. The van der Waals surface area contributed by atoms with Gasteiger partial charge in [0.15, 0.2) is 0 Å². The molecule has 17 heavy (non-hydrogen) atoms. The summed E-state index contributed by atoms with van der Waals surface area (Å²) in [4.78, 5) is 15.4. The van der Waals surface area contributed by atoms with Crippen molar-refractivity contribution in [2.45, 2.75) is 25.7 Å². The van der Waals surface area contributed by atoms with Crippen LogP contribution in [0.15, 0.2) is 29.3 Å². The number of aliphatic imine (C=N–C) groups is 1. The number of primary amides is 1. The molecule has 0 radical (unpaired) electrons. The molecular formula is C13H17N3O. The Kier molecular flexibility index (Phi) is 3.75. The van der Waals surface area contributed by atoms with Gasteiger partial charge in [0.05, 0.1) is 0 Å². The quantitative estimate of drug-likeness (QED) is 0.819. The van der Waals surface area contributed by atoms with Gasteiger partial charge >= 0.3 is 0 Å². The highest BCUT2D eigenvalue weighted by Gasteiger charge is 2.05.